The number of nitrogens with zero attached hydrogens (tertiary/aromatic N) is 3. The van der Waals surface area contributed by atoms with Crippen LogP contribution in [0.2, 0.25) is 0 Å². The minimum Gasteiger partial charge on any atom is -0.493 e. The standard InChI is InChI=1S/C23H21F2N5O7S2/c1-35-19-9-10-27-17(20(19)36-2)12-38(32)23-29-16-11-14(37-21(24)25)5-8-18(16)30(23)39(33,34)15-6-3-13(4-7-15)28-22(26)31/h3-11,21H,12H2,1-2H3,(H3,26,28,31). The van der Waals surface area contributed by atoms with Gasteiger partial charge < -0.3 is 25.3 Å². The van der Waals surface area contributed by atoms with E-state index in [9.17, 15) is 26.2 Å². The molecule has 0 fully saturated rings. The second-order valence-corrected chi connectivity index (χ2v) is 10.8. The van der Waals surface area contributed by atoms with Gasteiger partial charge in [0.2, 0.25) is 5.16 Å². The van der Waals surface area contributed by atoms with E-state index in [1.165, 1.54) is 56.8 Å². The smallest absolute Gasteiger partial charge is 0.387 e. The minimum absolute atomic E-state index is 0.0372. The van der Waals surface area contributed by atoms with Crippen molar-refractivity contribution in [1.82, 2.24) is 13.9 Å². The van der Waals surface area contributed by atoms with Gasteiger partial charge in [-0.3, -0.25) is 9.19 Å². The lowest BCUT2D eigenvalue weighted by molar-refractivity contribution is -0.0497. The molecular formula is C23H21F2N5O7S2. The summed E-state index contributed by atoms with van der Waals surface area (Å²) >= 11 is 0. The van der Waals surface area contributed by atoms with Gasteiger partial charge in [0.15, 0.2) is 11.5 Å². The van der Waals surface area contributed by atoms with Crippen LogP contribution in [0, 0.1) is 0 Å². The highest BCUT2D eigenvalue weighted by Crippen LogP contribution is 2.33. The average molecular weight is 582 g/mol. The molecule has 0 aliphatic carbocycles. The molecule has 0 aliphatic rings. The number of amides is 2. The van der Waals surface area contributed by atoms with Crippen molar-refractivity contribution in [3.8, 4) is 17.2 Å². The summed E-state index contributed by atoms with van der Waals surface area (Å²) < 4.78 is 82.4. The first kappa shape index (κ1) is 27.7. The molecular weight excluding hydrogens is 560 g/mol. The van der Waals surface area contributed by atoms with Gasteiger partial charge in [0, 0.05) is 24.0 Å². The third-order valence-electron chi connectivity index (χ3n) is 5.28. The van der Waals surface area contributed by atoms with Gasteiger partial charge in [-0.05, 0) is 36.4 Å². The van der Waals surface area contributed by atoms with Gasteiger partial charge >= 0.3 is 12.6 Å². The lowest BCUT2D eigenvalue weighted by atomic mass is 10.3. The number of rotatable bonds is 10. The quantitative estimate of drug-likeness (QED) is 0.286. The van der Waals surface area contributed by atoms with Crippen molar-refractivity contribution in [3.05, 3.63) is 60.4 Å². The number of ether oxygens (including phenoxy) is 3. The highest BCUT2D eigenvalue weighted by molar-refractivity contribution is 7.91. The zero-order valence-corrected chi connectivity index (χ0v) is 22.0. The molecule has 16 heteroatoms. The predicted molar refractivity (Wildman–Crippen MR) is 136 cm³/mol. The molecule has 3 N–H and O–H groups in total. The van der Waals surface area contributed by atoms with Gasteiger partial charge in [-0.25, -0.2) is 22.2 Å². The number of halogens is 2. The lowest BCUT2D eigenvalue weighted by Gasteiger charge is -2.13. The molecule has 0 radical (unpaired) electrons. The summed E-state index contributed by atoms with van der Waals surface area (Å²) in [6.45, 7) is -3.12. The third-order valence-corrected chi connectivity index (χ3v) is 8.33. The number of benzene rings is 2. The molecule has 12 nitrogen and oxygen atoms in total. The molecule has 4 aromatic rings. The zero-order chi connectivity index (χ0) is 28.3. The van der Waals surface area contributed by atoms with Crippen LogP contribution in [0.25, 0.3) is 11.0 Å². The Morgan fingerprint density at radius 3 is 2.46 bits per heavy atom. The zero-order valence-electron chi connectivity index (χ0n) is 20.3. The first-order chi connectivity index (χ1) is 18.5. The Morgan fingerprint density at radius 2 is 1.85 bits per heavy atom. The van der Waals surface area contributed by atoms with Gasteiger partial charge in [0.1, 0.15) is 5.75 Å². The second-order valence-electron chi connectivity index (χ2n) is 7.69. The number of hydrogen-bond donors (Lipinski definition) is 2. The fraction of sp³-hybridized carbons (Fsp3) is 0.174. The molecule has 1 atom stereocenters. The Labute approximate surface area is 223 Å². The highest BCUT2D eigenvalue weighted by Gasteiger charge is 2.29. The van der Waals surface area contributed by atoms with Crippen LogP contribution < -0.4 is 25.3 Å². The fourth-order valence-electron chi connectivity index (χ4n) is 3.67. The topological polar surface area (TPSA) is 165 Å². The van der Waals surface area contributed by atoms with Gasteiger partial charge in [0.25, 0.3) is 10.0 Å². The number of nitrogens with one attached hydrogen (secondary N) is 1. The number of primary amides is 1. The van der Waals surface area contributed by atoms with Crippen molar-refractivity contribution >= 4 is 43.6 Å². The number of alkyl halides is 2. The number of hydrogen-bond acceptors (Lipinski definition) is 9. The highest BCUT2D eigenvalue weighted by atomic mass is 32.2. The number of nitrogens with two attached hydrogens (primary N) is 1. The van der Waals surface area contributed by atoms with E-state index in [0.717, 1.165) is 16.1 Å². The summed E-state index contributed by atoms with van der Waals surface area (Å²) in [7, 11) is -3.81. The summed E-state index contributed by atoms with van der Waals surface area (Å²) in [4.78, 5) is 19.2. The third kappa shape index (κ3) is 5.75. The van der Waals surface area contributed by atoms with E-state index in [0.29, 0.717) is 5.75 Å². The maximum absolute atomic E-state index is 13.8. The van der Waals surface area contributed by atoms with Crippen molar-refractivity contribution in [2.24, 2.45) is 5.73 Å². The molecule has 1 unspecified atom stereocenters. The number of urea groups is 1. The number of carbonyl (C=O) groups excluding carboxylic acids is 1. The Morgan fingerprint density at radius 1 is 1.13 bits per heavy atom. The van der Waals surface area contributed by atoms with Crippen LogP contribution in [0.1, 0.15) is 5.69 Å². The second kappa shape index (κ2) is 11.2. The van der Waals surface area contributed by atoms with Gasteiger partial charge in [-0.2, -0.15) is 8.78 Å². The van der Waals surface area contributed by atoms with Crippen molar-refractivity contribution in [2.75, 3.05) is 19.5 Å². The first-order valence-electron chi connectivity index (χ1n) is 10.9. The van der Waals surface area contributed by atoms with Crippen molar-refractivity contribution < 1.29 is 40.4 Å². The number of carbonyl (C=O) groups is 1. The molecule has 39 heavy (non-hydrogen) atoms. The van der Waals surface area contributed by atoms with Crippen molar-refractivity contribution in [3.63, 3.8) is 0 Å². The van der Waals surface area contributed by atoms with Crippen LogP contribution in [0.4, 0.5) is 19.3 Å². The Kier molecular flexibility index (Phi) is 7.96. The maximum atomic E-state index is 13.8. The van der Waals surface area contributed by atoms with E-state index >= 15 is 0 Å². The largest absolute Gasteiger partial charge is 0.493 e. The van der Waals surface area contributed by atoms with Gasteiger partial charge in [-0.1, -0.05) is 0 Å². The molecule has 2 heterocycles. The Hall–Kier alpha value is -4.31. The van der Waals surface area contributed by atoms with Crippen LogP contribution in [-0.4, -0.2) is 53.4 Å². The van der Waals surface area contributed by atoms with E-state index in [1.807, 2.05) is 0 Å². The predicted octanol–water partition coefficient (Wildman–Crippen LogP) is 3.09. The number of aromatic nitrogens is 3. The minimum atomic E-state index is -4.45. The molecule has 0 bridgehead atoms. The van der Waals surface area contributed by atoms with Crippen LogP contribution in [-0.2, 0) is 26.6 Å². The van der Waals surface area contributed by atoms with E-state index in [2.05, 4.69) is 20.0 Å². The summed E-state index contributed by atoms with van der Waals surface area (Å²) in [6.07, 6.45) is 1.41. The van der Waals surface area contributed by atoms with Crippen molar-refractivity contribution in [2.45, 2.75) is 22.4 Å². The van der Waals surface area contributed by atoms with Crippen LogP contribution in [0.5, 0.6) is 17.2 Å². The number of fused-ring (bicyclic) bond motifs is 1. The molecule has 0 spiro atoms. The molecule has 0 aliphatic heterocycles. The number of methoxy groups -OCH3 is 2. The summed E-state index contributed by atoms with van der Waals surface area (Å²) in [6, 6.07) is 9.20. The average Bonchev–Trinajstić information content (AvgIpc) is 3.28. The molecule has 206 valence electrons. The SMILES string of the molecule is COc1ccnc(CS(=O)c2nc3cc(OC(F)F)ccc3n2S(=O)(=O)c2ccc(NC(N)=O)cc2)c1OC. The molecule has 4 rings (SSSR count). The number of anilines is 1. The first-order valence-corrected chi connectivity index (χ1v) is 13.6. The lowest BCUT2D eigenvalue weighted by Crippen LogP contribution is -2.20. The summed E-state index contributed by atoms with van der Waals surface area (Å²) in [5.74, 6) is -0.0702. The van der Waals surface area contributed by atoms with E-state index < -0.39 is 38.6 Å². The van der Waals surface area contributed by atoms with Crippen LogP contribution >= 0.6 is 0 Å². The number of imidazole rings is 1. The monoisotopic (exact) mass is 581 g/mol. The van der Waals surface area contributed by atoms with Crippen molar-refractivity contribution in [1.29, 1.82) is 0 Å². The van der Waals surface area contributed by atoms with Crippen LogP contribution in [0.3, 0.4) is 0 Å². The number of pyridine rings is 1. The molecule has 0 saturated heterocycles. The summed E-state index contributed by atoms with van der Waals surface area (Å²) in [5.41, 5.74) is 5.44. The van der Waals surface area contributed by atoms with Gasteiger partial charge in [0.05, 0.1) is 52.4 Å². The molecule has 2 aromatic carbocycles. The fourth-order valence-corrected chi connectivity index (χ4v) is 6.63. The summed E-state index contributed by atoms with van der Waals surface area (Å²) in [5, 5.41) is 1.92. The van der Waals surface area contributed by atoms with Crippen LogP contribution in [0.15, 0.2) is 64.8 Å². The van der Waals surface area contributed by atoms with E-state index in [-0.39, 0.29) is 44.6 Å². The maximum Gasteiger partial charge on any atom is 0.387 e. The van der Waals surface area contributed by atoms with Gasteiger partial charge in [-0.15, -0.1) is 0 Å². The Balaban J connectivity index is 1.85. The molecule has 2 amide bonds. The molecule has 2 aromatic heterocycles. The normalized spacial score (nSPS) is 12.3. The molecule has 0 saturated carbocycles. The van der Waals surface area contributed by atoms with E-state index in [1.54, 1.807) is 0 Å². The Bertz CT molecular complexity index is 1660. The van der Waals surface area contributed by atoms with E-state index in [4.69, 9.17) is 15.2 Å².